The summed E-state index contributed by atoms with van der Waals surface area (Å²) in [6, 6.07) is 6.89. The topological polar surface area (TPSA) is 21.3 Å². The number of aryl methyl sites for hydroxylation is 1. The lowest BCUT2D eigenvalue weighted by Crippen LogP contribution is -2.47. The fraction of sp³-hybridized carbons (Fsp3) is 0.571. The van der Waals surface area contributed by atoms with Crippen molar-refractivity contribution in [1.29, 1.82) is 0 Å². The highest BCUT2D eigenvalue weighted by Gasteiger charge is 2.30. The summed E-state index contributed by atoms with van der Waals surface area (Å²) in [4.78, 5) is 0. The van der Waals surface area contributed by atoms with Crippen LogP contribution in [0.5, 0.6) is 5.75 Å². The molecule has 0 radical (unpaired) electrons. The first-order valence-electron chi connectivity index (χ1n) is 6.35. The van der Waals surface area contributed by atoms with E-state index in [-0.39, 0.29) is 0 Å². The lowest BCUT2D eigenvalue weighted by Gasteiger charge is -2.36. The molecule has 1 aromatic carbocycles. The summed E-state index contributed by atoms with van der Waals surface area (Å²) in [5.74, 6) is 0.967. The van der Waals surface area contributed by atoms with Gasteiger partial charge in [0.1, 0.15) is 11.9 Å². The molecular weight excluding hydrogens is 278 g/mol. The molecular formula is C14H20BrNO. The van der Waals surface area contributed by atoms with Crippen LogP contribution in [0.2, 0.25) is 0 Å². The molecule has 0 bridgehead atoms. The van der Waals surface area contributed by atoms with E-state index in [4.69, 9.17) is 4.74 Å². The molecule has 0 aromatic heterocycles. The van der Waals surface area contributed by atoms with Crippen LogP contribution in [0.15, 0.2) is 22.7 Å². The van der Waals surface area contributed by atoms with Gasteiger partial charge >= 0.3 is 0 Å². The Morgan fingerprint density at radius 3 is 2.82 bits per heavy atom. The lowest BCUT2D eigenvalue weighted by molar-refractivity contribution is 0.0845. The number of hydrogen-bond donors (Lipinski definition) is 1. The Morgan fingerprint density at radius 2 is 2.18 bits per heavy atom. The van der Waals surface area contributed by atoms with E-state index in [1.54, 1.807) is 0 Å². The summed E-state index contributed by atoms with van der Waals surface area (Å²) in [6.07, 6.45) is 3.83. The maximum absolute atomic E-state index is 5.96. The number of benzene rings is 1. The minimum atomic E-state index is 0.378. The van der Waals surface area contributed by atoms with E-state index in [0.717, 1.165) is 29.6 Å². The maximum Gasteiger partial charge on any atom is 0.133 e. The number of hydrogen-bond acceptors (Lipinski definition) is 2. The second-order valence-electron chi connectivity index (χ2n) is 4.80. The van der Waals surface area contributed by atoms with E-state index in [1.807, 2.05) is 6.07 Å². The van der Waals surface area contributed by atoms with Crippen LogP contribution < -0.4 is 10.1 Å². The predicted octanol–water partition coefficient (Wildman–Crippen LogP) is 3.67. The zero-order valence-electron chi connectivity index (χ0n) is 10.5. The molecule has 0 unspecified atom stereocenters. The third kappa shape index (κ3) is 3.46. The van der Waals surface area contributed by atoms with Gasteiger partial charge in [-0.2, -0.15) is 0 Å². The third-order valence-electron chi connectivity index (χ3n) is 3.16. The molecule has 2 nitrogen and oxygen atoms in total. The Balaban J connectivity index is 1.79. The SMILES string of the molecule is CCCNC1CC(Oc2ccc(C)cc2Br)C1. The monoisotopic (exact) mass is 297 g/mol. The average molecular weight is 298 g/mol. The Hall–Kier alpha value is -0.540. The molecule has 0 heterocycles. The highest BCUT2D eigenvalue weighted by Crippen LogP contribution is 2.31. The van der Waals surface area contributed by atoms with Crippen LogP contribution in [0, 0.1) is 6.92 Å². The first kappa shape index (κ1) is 12.9. The molecule has 1 aromatic rings. The number of halogens is 1. The van der Waals surface area contributed by atoms with Crippen LogP contribution in [0.25, 0.3) is 0 Å². The highest BCUT2D eigenvalue weighted by atomic mass is 79.9. The molecule has 0 atom stereocenters. The molecule has 1 saturated carbocycles. The lowest BCUT2D eigenvalue weighted by atomic mass is 9.89. The van der Waals surface area contributed by atoms with Gasteiger partial charge in [-0.1, -0.05) is 13.0 Å². The smallest absolute Gasteiger partial charge is 0.133 e. The van der Waals surface area contributed by atoms with E-state index in [1.165, 1.54) is 12.0 Å². The molecule has 1 aliphatic carbocycles. The molecule has 0 aliphatic heterocycles. The van der Waals surface area contributed by atoms with Gasteiger partial charge in [-0.25, -0.2) is 0 Å². The molecule has 1 N–H and O–H groups in total. The van der Waals surface area contributed by atoms with Gasteiger partial charge in [0.15, 0.2) is 0 Å². The zero-order valence-corrected chi connectivity index (χ0v) is 12.1. The van der Waals surface area contributed by atoms with Crippen LogP contribution in [-0.2, 0) is 0 Å². The van der Waals surface area contributed by atoms with Gasteiger partial charge in [0.05, 0.1) is 4.47 Å². The molecule has 1 aliphatic rings. The van der Waals surface area contributed by atoms with Gasteiger partial charge in [-0.3, -0.25) is 0 Å². The van der Waals surface area contributed by atoms with Gasteiger partial charge in [0, 0.05) is 6.04 Å². The Kier molecular flexibility index (Phi) is 4.46. The first-order chi connectivity index (χ1) is 8.19. The fourth-order valence-corrected chi connectivity index (χ4v) is 2.64. The van der Waals surface area contributed by atoms with Gasteiger partial charge in [-0.05, 0) is 66.4 Å². The van der Waals surface area contributed by atoms with Crippen molar-refractivity contribution in [2.75, 3.05) is 6.54 Å². The van der Waals surface area contributed by atoms with Crippen molar-refractivity contribution in [2.45, 2.75) is 45.3 Å². The maximum atomic E-state index is 5.96. The standard InChI is InChI=1S/C14H20BrNO/c1-3-6-16-11-8-12(9-11)17-14-5-4-10(2)7-13(14)15/h4-5,7,11-12,16H,3,6,8-9H2,1-2H3. The number of rotatable bonds is 5. The van der Waals surface area contributed by atoms with Gasteiger partial charge in [0.2, 0.25) is 0 Å². The van der Waals surface area contributed by atoms with E-state index >= 15 is 0 Å². The summed E-state index contributed by atoms with van der Waals surface area (Å²) in [6.45, 7) is 5.40. The Bertz CT molecular complexity index is 374. The zero-order chi connectivity index (χ0) is 12.3. The summed E-state index contributed by atoms with van der Waals surface area (Å²) in [7, 11) is 0. The second kappa shape index (κ2) is 5.87. The van der Waals surface area contributed by atoms with Crippen molar-refractivity contribution in [1.82, 2.24) is 5.32 Å². The van der Waals surface area contributed by atoms with Crippen LogP contribution >= 0.6 is 15.9 Å². The molecule has 0 amide bonds. The molecule has 3 heteroatoms. The minimum absolute atomic E-state index is 0.378. The minimum Gasteiger partial charge on any atom is -0.489 e. The van der Waals surface area contributed by atoms with Crippen LogP contribution in [0.3, 0.4) is 0 Å². The summed E-state index contributed by atoms with van der Waals surface area (Å²) in [5.41, 5.74) is 1.25. The van der Waals surface area contributed by atoms with Crippen molar-refractivity contribution in [2.24, 2.45) is 0 Å². The largest absolute Gasteiger partial charge is 0.489 e. The summed E-state index contributed by atoms with van der Waals surface area (Å²) in [5, 5.41) is 3.52. The summed E-state index contributed by atoms with van der Waals surface area (Å²) < 4.78 is 7.02. The predicted molar refractivity (Wildman–Crippen MR) is 74.6 cm³/mol. The first-order valence-corrected chi connectivity index (χ1v) is 7.14. The van der Waals surface area contributed by atoms with E-state index in [0.29, 0.717) is 12.1 Å². The average Bonchev–Trinajstić information content (AvgIpc) is 2.24. The van der Waals surface area contributed by atoms with Crippen molar-refractivity contribution < 1.29 is 4.74 Å². The van der Waals surface area contributed by atoms with Crippen LogP contribution in [-0.4, -0.2) is 18.7 Å². The molecule has 17 heavy (non-hydrogen) atoms. The van der Waals surface area contributed by atoms with E-state index in [2.05, 4.69) is 47.2 Å². The van der Waals surface area contributed by atoms with Gasteiger partial charge in [0.25, 0.3) is 0 Å². The fourth-order valence-electron chi connectivity index (χ4n) is 2.06. The van der Waals surface area contributed by atoms with E-state index < -0.39 is 0 Å². The quantitative estimate of drug-likeness (QED) is 0.895. The highest BCUT2D eigenvalue weighted by molar-refractivity contribution is 9.10. The van der Waals surface area contributed by atoms with Crippen molar-refractivity contribution in [3.05, 3.63) is 28.2 Å². The van der Waals surface area contributed by atoms with Gasteiger partial charge in [-0.15, -0.1) is 0 Å². The Labute approximate surface area is 112 Å². The van der Waals surface area contributed by atoms with Crippen LogP contribution in [0.4, 0.5) is 0 Å². The molecule has 94 valence electrons. The third-order valence-corrected chi connectivity index (χ3v) is 3.78. The molecule has 0 spiro atoms. The van der Waals surface area contributed by atoms with Crippen molar-refractivity contribution in [3.63, 3.8) is 0 Å². The van der Waals surface area contributed by atoms with Crippen molar-refractivity contribution >= 4 is 15.9 Å². The second-order valence-corrected chi connectivity index (χ2v) is 5.65. The summed E-state index contributed by atoms with van der Waals surface area (Å²) >= 11 is 3.55. The normalized spacial score (nSPS) is 23.2. The number of ether oxygens (including phenoxy) is 1. The van der Waals surface area contributed by atoms with Crippen LogP contribution in [0.1, 0.15) is 31.7 Å². The number of nitrogens with one attached hydrogen (secondary N) is 1. The molecule has 1 fully saturated rings. The molecule has 2 rings (SSSR count). The molecule has 0 saturated heterocycles. The van der Waals surface area contributed by atoms with Gasteiger partial charge < -0.3 is 10.1 Å². The van der Waals surface area contributed by atoms with E-state index in [9.17, 15) is 0 Å². The van der Waals surface area contributed by atoms with Crippen molar-refractivity contribution in [3.8, 4) is 5.75 Å². The Morgan fingerprint density at radius 1 is 1.41 bits per heavy atom.